The van der Waals surface area contributed by atoms with Gasteiger partial charge in [-0.25, -0.2) is 4.79 Å². The number of aryl methyl sites for hydroxylation is 2. The van der Waals surface area contributed by atoms with E-state index in [4.69, 9.17) is 11.6 Å². The zero-order valence-electron chi connectivity index (χ0n) is 11.9. The van der Waals surface area contributed by atoms with Crippen LogP contribution in [0.2, 0.25) is 5.02 Å². The van der Waals surface area contributed by atoms with Crippen molar-refractivity contribution in [3.05, 3.63) is 56.3 Å². The summed E-state index contributed by atoms with van der Waals surface area (Å²) in [7, 11) is 4.97. The maximum absolute atomic E-state index is 12.5. The smallest absolute Gasteiger partial charge is 0.330 e. The number of hydrogen-bond acceptors (Lipinski definition) is 2. The molecule has 0 saturated carbocycles. The average molecular weight is 304 g/mol. The monoisotopic (exact) mass is 303 g/mol. The normalized spacial score (nSPS) is 11.2. The summed E-state index contributed by atoms with van der Waals surface area (Å²) in [6.07, 6.45) is 1.77. The van der Waals surface area contributed by atoms with E-state index in [1.807, 2.05) is 29.8 Å². The zero-order valence-corrected chi connectivity index (χ0v) is 12.7. The molecule has 6 heteroatoms. The minimum Gasteiger partial charge on any atom is -0.348 e. The molecule has 5 nitrogen and oxygen atoms in total. The van der Waals surface area contributed by atoms with Gasteiger partial charge >= 0.3 is 5.69 Å². The lowest BCUT2D eigenvalue weighted by Gasteiger charge is -2.07. The molecule has 0 N–H and O–H groups in total. The number of nitrogens with zero attached hydrogens (tertiary/aromatic N) is 3. The minimum absolute atomic E-state index is 0.316. The first kappa shape index (κ1) is 13.7. The van der Waals surface area contributed by atoms with Gasteiger partial charge in [0.15, 0.2) is 0 Å². The lowest BCUT2D eigenvalue weighted by atomic mass is 10.1. The van der Waals surface area contributed by atoms with Crippen LogP contribution in [0.15, 0.2) is 40.1 Å². The molecule has 0 bridgehead atoms. The van der Waals surface area contributed by atoms with E-state index in [-0.39, 0.29) is 11.2 Å². The van der Waals surface area contributed by atoms with E-state index in [9.17, 15) is 9.59 Å². The highest BCUT2D eigenvalue weighted by atomic mass is 35.5. The predicted octanol–water partition coefficient (Wildman–Crippen LogP) is 1.90. The van der Waals surface area contributed by atoms with Crippen LogP contribution in [0, 0.1) is 0 Å². The van der Waals surface area contributed by atoms with Gasteiger partial charge in [0.05, 0.1) is 16.6 Å². The van der Waals surface area contributed by atoms with Crippen molar-refractivity contribution in [2.45, 2.75) is 0 Å². The molecule has 0 aliphatic rings. The lowest BCUT2D eigenvalue weighted by molar-refractivity contribution is 0.714. The summed E-state index contributed by atoms with van der Waals surface area (Å²) in [5.41, 5.74) is 1.42. The van der Waals surface area contributed by atoms with E-state index >= 15 is 0 Å². The highest BCUT2D eigenvalue weighted by Gasteiger charge is 2.18. The first-order chi connectivity index (χ1) is 9.93. The molecule has 0 aliphatic carbocycles. The first-order valence-electron chi connectivity index (χ1n) is 6.43. The summed E-state index contributed by atoms with van der Waals surface area (Å²) in [5, 5.41) is 1.06. The fraction of sp³-hybridized carbons (Fsp3) is 0.200. The molecule has 0 atom stereocenters. The molecule has 0 aliphatic heterocycles. The second-order valence-electron chi connectivity index (χ2n) is 5.03. The number of halogens is 1. The summed E-state index contributed by atoms with van der Waals surface area (Å²) in [6.45, 7) is 0. The van der Waals surface area contributed by atoms with E-state index in [0.717, 1.165) is 10.1 Å². The predicted molar refractivity (Wildman–Crippen MR) is 83.8 cm³/mol. The van der Waals surface area contributed by atoms with Crippen molar-refractivity contribution < 1.29 is 0 Å². The topological polar surface area (TPSA) is 48.9 Å². The van der Waals surface area contributed by atoms with E-state index in [1.54, 1.807) is 19.3 Å². The van der Waals surface area contributed by atoms with Gasteiger partial charge in [-0.3, -0.25) is 13.9 Å². The van der Waals surface area contributed by atoms with Crippen molar-refractivity contribution in [3.63, 3.8) is 0 Å². The van der Waals surface area contributed by atoms with Crippen molar-refractivity contribution in [3.8, 4) is 11.3 Å². The van der Waals surface area contributed by atoms with E-state index in [2.05, 4.69) is 0 Å². The molecular formula is C15H14ClN3O2. The van der Waals surface area contributed by atoms with Crippen LogP contribution in [0.3, 0.4) is 0 Å². The van der Waals surface area contributed by atoms with Crippen molar-refractivity contribution in [2.75, 3.05) is 0 Å². The molecule has 0 amide bonds. The van der Waals surface area contributed by atoms with Crippen LogP contribution in [0.25, 0.3) is 22.2 Å². The number of hydrogen-bond donors (Lipinski definition) is 0. The van der Waals surface area contributed by atoms with Crippen molar-refractivity contribution in [2.24, 2.45) is 21.1 Å². The minimum atomic E-state index is -0.344. The summed E-state index contributed by atoms with van der Waals surface area (Å²) in [6, 6.07) is 7.35. The molecule has 21 heavy (non-hydrogen) atoms. The molecule has 3 aromatic rings. The zero-order chi connectivity index (χ0) is 15.3. The highest BCUT2D eigenvalue weighted by Crippen LogP contribution is 2.32. The molecule has 0 fully saturated rings. The SMILES string of the molecule is Cn1cc2c(c1-c1ccccc1Cl)c(=O)n(C)c(=O)n2C. The van der Waals surface area contributed by atoms with Crippen LogP contribution in [-0.2, 0) is 21.1 Å². The third-order valence-corrected chi connectivity index (χ3v) is 4.07. The Morgan fingerprint density at radius 1 is 1.00 bits per heavy atom. The Bertz CT molecular complexity index is 979. The molecule has 2 heterocycles. The highest BCUT2D eigenvalue weighted by molar-refractivity contribution is 6.33. The summed E-state index contributed by atoms with van der Waals surface area (Å²) in [5.74, 6) is 0. The fourth-order valence-corrected chi connectivity index (χ4v) is 2.86. The Labute approximate surface area is 125 Å². The van der Waals surface area contributed by atoms with Gasteiger partial charge in [-0.2, -0.15) is 0 Å². The molecule has 0 spiro atoms. The van der Waals surface area contributed by atoms with Crippen LogP contribution in [-0.4, -0.2) is 13.7 Å². The lowest BCUT2D eigenvalue weighted by Crippen LogP contribution is -2.36. The quantitative estimate of drug-likeness (QED) is 0.689. The molecule has 1 aromatic carbocycles. The standard InChI is InChI=1S/C15H14ClN3O2/c1-17-8-11-12(14(20)19(3)15(21)18(11)2)13(17)9-6-4-5-7-10(9)16/h4-8H,1-3H3. The average Bonchev–Trinajstić information content (AvgIpc) is 2.81. The molecule has 0 unspecified atom stereocenters. The molecular weight excluding hydrogens is 290 g/mol. The van der Waals surface area contributed by atoms with Crippen LogP contribution in [0.5, 0.6) is 0 Å². The third-order valence-electron chi connectivity index (χ3n) is 3.74. The second kappa shape index (κ2) is 4.63. The summed E-state index contributed by atoms with van der Waals surface area (Å²) >= 11 is 6.26. The van der Waals surface area contributed by atoms with Gasteiger partial charge in [-0.05, 0) is 6.07 Å². The molecule has 3 rings (SSSR count). The maximum atomic E-state index is 12.5. The molecule has 2 aromatic heterocycles. The van der Waals surface area contributed by atoms with Crippen LogP contribution in [0.4, 0.5) is 0 Å². The Kier molecular flexibility index (Phi) is 3.02. The molecule has 0 radical (unpaired) electrons. The largest absolute Gasteiger partial charge is 0.348 e. The Morgan fingerprint density at radius 2 is 1.67 bits per heavy atom. The first-order valence-corrected chi connectivity index (χ1v) is 6.81. The Hall–Kier alpha value is -2.27. The van der Waals surface area contributed by atoms with Crippen molar-refractivity contribution in [1.29, 1.82) is 0 Å². The van der Waals surface area contributed by atoms with Gasteiger partial charge in [0.2, 0.25) is 0 Å². The van der Waals surface area contributed by atoms with Crippen LogP contribution < -0.4 is 11.2 Å². The number of aromatic nitrogens is 3. The summed E-state index contributed by atoms with van der Waals surface area (Å²) < 4.78 is 4.41. The number of rotatable bonds is 1. The van der Waals surface area contributed by atoms with Crippen LogP contribution >= 0.6 is 11.6 Å². The van der Waals surface area contributed by atoms with Crippen molar-refractivity contribution in [1.82, 2.24) is 13.7 Å². The summed E-state index contributed by atoms with van der Waals surface area (Å²) in [4.78, 5) is 24.5. The third kappa shape index (κ3) is 1.85. The molecule has 108 valence electrons. The van der Waals surface area contributed by atoms with Gasteiger partial charge in [0.25, 0.3) is 5.56 Å². The van der Waals surface area contributed by atoms with E-state index < -0.39 is 0 Å². The number of benzene rings is 1. The van der Waals surface area contributed by atoms with E-state index in [0.29, 0.717) is 21.6 Å². The van der Waals surface area contributed by atoms with Gasteiger partial charge in [0.1, 0.15) is 0 Å². The van der Waals surface area contributed by atoms with Crippen LogP contribution in [0.1, 0.15) is 0 Å². The number of fused-ring (bicyclic) bond motifs is 1. The fourth-order valence-electron chi connectivity index (χ4n) is 2.64. The van der Waals surface area contributed by atoms with Gasteiger partial charge in [-0.15, -0.1) is 0 Å². The maximum Gasteiger partial charge on any atom is 0.330 e. The van der Waals surface area contributed by atoms with Gasteiger partial charge in [-0.1, -0.05) is 29.8 Å². The van der Waals surface area contributed by atoms with Gasteiger partial charge in [0, 0.05) is 37.9 Å². The Balaban J connectivity index is 2.57. The van der Waals surface area contributed by atoms with Crippen molar-refractivity contribution >= 4 is 22.5 Å². The second-order valence-corrected chi connectivity index (χ2v) is 5.44. The Morgan fingerprint density at radius 3 is 2.33 bits per heavy atom. The van der Waals surface area contributed by atoms with Gasteiger partial charge < -0.3 is 4.57 Å². The molecule has 0 saturated heterocycles. The van der Waals surface area contributed by atoms with E-state index in [1.165, 1.54) is 11.6 Å².